The molecule has 0 aromatic rings. The van der Waals surface area contributed by atoms with E-state index in [1.165, 1.54) is 14.0 Å². The van der Waals surface area contributed by atoms with Gasteiger partial charge in [-0.1, -0.05) is 5.16 Å². The van der Waals surface area contributed by atoms with E-state index in [0.717, 1.165) is 0 Å². The Bertz CT molecular complexity index is 340. The summed E-state index contributed by atoms with van der Waals surface area (Å²) in [4.78, 5) is 16.8. The van der Waals surface area contributed by atoms with Crippen molar-refractivity contribution < 1.29 is 18.8 Å². The first-order chi connectivity index (χ1) is 6.95. The molecule has 0 spiro atoms. The third-order valence-electron chi connectivity index (χ3n) is 3.49. The van der Waals surface area contributed by atoms with Crippen LogP contribution in [-0.4, -0.2) is 30.1 Å². The van der Waals surface area contributed by atoms with Crippen LogP contribution >= 0.6 is 0 Å². The third-order valence-corrected chi connectivity index (χ3v) is 3.49. The predicted molar refractivity (Wildman–Crippen MR) is 51.2 cm³/mol. The van der Waals surface area contributed by atoms with Gasteiger partial charge in [-0.05, 0) is 26.7 Å². The second-order valence-electron chi connectivity index (χ2n) is 4.34. The van der Waals surface area contributed by atoms with E-state index in [1.807, 2.05) is 0 Å². The molecule has 1 saturated carbocycles. The van der Waals surface area contributed by atoms with Crippen LogP contribution in [0.15, 0.2) is 5.16 Å². The van der Waals surface area contributed by atoms with Gasteiger partial charge in [-0.15, -0.1) is 0 Å². The molecule has 1 aliphatic carbocycles. The molecule has 0 saturated heterocycles. The van der Waals surface area contributed by atoms with E-state index in [1.54, 1.807) is 6.92 Å². The molecule has 0 radical (unpaired) electrons. The lowest BCUT2D eigenvalue weighted by Gasteiger charge is -2.32. The van der Waals surface area contributed by atoms with E-state index in [-0.39, 0.29) is 5.92 Å². The van der Waals surface area contributed by atoms with Crippen molar-refractivity contribution in [2.24, 2.45) is 11.1 Å². The van der Waals surface area contributed by atoms with Crippen molar-refractivity contribution >= 4 is 11.7 Å². The second kappa shape index (κ2) is 2.93. The van der Waals surface area contributed by atoms with Crippen molar-refractivity contribution in [1.29, 1.82) is 0 Å². The normalized spacial score (nSPS) is 43.2. The Labute approximate surface area is 87.4 Å². The summed E-state index contributed by atoms with van der Waals surface area (Å²) >= 11 is 0. The molecular weight excluding hydrogens is 201 g/mol. The summed E-state index contributed by atoms with van der Waals surface area (Å²) in [6.45, 7) is 3.12. The van der Waals surface area contributed by atoms with E-state index in [4.69, 9.17) is 4.84 Å². The molecule has 15 heavy (non-hydrogen) atoms. The SMILES string of the molecule is COC(=O)C12ON=C(C)C1CCC2(C)F. The number of carbonyl (C=O) groups excluding carboxylic acids is 1. The van der Waals surface area contributed by atoms with Gasteiger partial charge in [-0.2, -0.15) is 0 Å². The van der Waals surface area contributed by atoms with Crippen molar-refractivity contribution in [3.63, 3.8) is 0 Å². The minimum Gasteiger partial charge on any atom is -0.466 e. The van der Waals surface area contributed by atoms with Crippen LogP contribution in [0.1, 0.15) is 26.7 Å². The first kappa shape index (κ1) is 10.4. The highest BCUT2D eigenvalue weighted by molar-refractivity contribution is 5.96. The zero-order valence-corrected chi connectivity index (χ0v) is 9.04. The average Bonchev–Trinajstić information content (AvgIpc) is 2.65. The number of rotatable bonds is 1. The highest BCUT2D eigenvalue weighted by Gasteiger charge is 2.70. The standard InChI is InChI=1S/C10H14FNO3/c1-6-7-4-5-9(2,11)10(7,15-12-6)8(13)14-3/h7H,4-5H2,1-3H3. The summed E-state index contributed by atoms with van der Waals surface area (Å²) in [6.07, 6.45) is 0.858. The number of nitrogens with zero attached hydrogens (tertiary/aromatic N) is 1. The van der Waals surface area contributed by atoms with E-state index in [9.17, 15) is 9.18 Å². The van der Waals surface area contributed by atoms with Crippen LogP contribution < -0.4 is 0 Å². The van der Waals surface area contributed by atoms with Gasteiger partial charge >= 0.3 is 5.97 Å². The topological polar surface area (TPSA) is 47.9 Å². The Morgan fingerprint density at radius 1 is 1.73 bits per heavy atom. The van der Waals surface area contributed by atoms with Crippen LogP contribution in [0.25, 0.3) is 0 Å². The molecule has 3 atom stereocenters. The molecule has 2 rings (SSSR count). The van der Waals surface area contributed by atoms with Crippen molar-refractivity contribution in [3.05, 3.63) is 0 Å². The number of ether oxygens (including phenoxy) is 1. The zero-order chi connectivity index (χ0) is 11.3. The van der Waals surface area contributed by atoms with Gasteiger partial charge in [0.1, 0.15) is 0 Å². The van der Waals surface area contributed by atoms with Gasteiger partial charge in [-0.3, -0.25) is 0 Å². The maximum atomic E-state index is 14.3. The molecule has 0 aromatic carbocycles. The monoisotopic (exact) mass is 215 g/mol. The molecule has 0 bridgehead atoms. The molecule has 0 N–H and O–H groups in total. The Hall–Kier alpha value is -1.13. The first-order valence-corrected chi connectivity index (χ1v) is 4.95. The third kappa shape index (κ3) is 1.06. The Kier molecular flexibility index (Phi) is 2.03. The van der Waals surface area contributed by atoms with Crippen molar-refractivity contribution in [2.75, 3.05) is 7.11 Å². The van der Waals surface area contributed by atoms with Crippen LogP contribution in [0.4, 0.5) is 4.39 Å². The molecule has 2 aliphatic rings. The van der Waals surface area contributed by atoms with Crippen LogP contribution in [0.3, 0.4) is 0 Å². The van der Waals surface area contributed by atoms with E-state index >= 15 is 0 Å². The summed E-state index contributed by atoms with van der Waals surface area (Å²) in [7, 11) is 1.24. The molecule has 1 fully saturated rings. The molecule has 1 heterocycles. The number of oxime groups is 1. The minimum atomic E-state index is -1.72. The summed E-state index contributed by atoms with van der Waals surface area (Å²) in [5.74, 6) is -0.962. The molecule has 1 aliphatic heterocycles. The fourth-order valence-corrected chi connectivity index (χ4v) is 2.58. The number of carbonyl (C=O) groups is 1. The first-order valence-electron chi connectivity index (χ1n) is 4.95. The summed E-state index contributed by atoms with van der Waals surface area (Å²) in [6, 6.07) is 0. The lowest BCUT2D eigenvalue weighted by Crippen LogP contribution is -2.56. The molecular formula is C10H14FNO3. The molecule has 4 nitrogen and oxygen atoms in total. The van der Waals surface area contributed by atoms with Gasteiger partial charge in [0, 0.05) is 0 Å². The Balaban J connectivity index is 2.45. The number of alkyl halides is 1. The smallest absolute Gasteiger partial charge is 0.357 e. The quantitative estimate of drug-likeness (QED) is 0.622. The minimum absolute atomic E-state index is 0.291. The molecule has 3 unspecified atom stereocenters. The summed E-state index contributed by atoms with van der Waals surface area (Å²) in [5.41, 5.74) is -2.60. The number of fused-ring (bicyclic) bond motifs is 1. The summed E-state index contributed by atoms with van der Waals surface area (Å²) < 4.78 is 19.0. The van der Waals surface area contributed by atoms with Crippen LogP contribution in [0, 0.1) is 5.92 Å². The fourth-order valence-electron chi connectivity index (χ4n) is 2.58. The van der Waals surface area contributed by atoms with E-state index in [0.29, 0.717) is 18.6 Å². The van der Waals surface area contributed by atoms with Gasteiger partial charge in [-0.25, -0.2) is 9.18 Å². The molecule has 84 valence electrons. The Morgan fingerprint density at radius 3 is 3.00 bits per heavy atom. The van der Waals surface area contributed by atoms with Crippen LogP contribution in [-0.2, 0) is 14.4 Å². The van der Waals surface area contributed by atoms with Gasteiger partial charge in [0.2, 0.25) is 0 Å². The molecule has 0 amide bonds. The molecule has 0 aromatic heterocycles. The highest BCUT2D eigenvalue weighted by Crippen LogP contribution is 2.52. The highest BCUT2D eigenvalue weighted by atomic mass is 19.1. The molecule has 5 heteroatoms. The van der Waals surface area contributed by atoms with Gasteiger partial charge in [0.05, 0.1) is 18.7 Å². The lowest BCUT2D eigenvalue weighted by molar-refractivity contribution is -0.186. The van der Waals surface area contributed by atoms with Crippen LogP contribution in [0.2, 0.25) is 0 Å². The van der Waals surface area contributed by atoms with E-state index in [2.05, 4.69) is 9.89 Å². The number of hydrogen-bond donors (Lipinski definition) is 0. The van der Waals surface area contributed by atoms with Crippen molar-refractivity contribution in [3.8, 4) is 0 Å². The average molecular weight is 215 g/mol. The van der Waals surface area contributed by atoms with Gasteiger partial charge < -0.3 is 9.57 Å². The second-order valence-corrected chi connectivity index (χ2v) is 4.34. The summed E-state index contributed by atoms with van der Waals surface area (Å²) in [5, 5.41) is 3.73. The van der Waals surface area contributed by atoms with Crippen molar-refractivity contribution in [1.82, 2.24) is 0 Å². The predicted octanol–water partition coefficient (Wildman–Crippen LogP) is 1.44. The number of methoxy groups -OCH3 is 1. The zero-order valence-electron chi connectivity index (χ0n) is 9.04. The lowest BCUT2D eigenvalue weighted by atomic mass is 9.81. The maximum Gasteiger partial charge on any atom is 0.357 e. The van der Waals surface area contributed by atoms with Gasteiger partial charge in [0.25, 0.3) is 5.60 Å². The largest absolute Gasteiger partial charge is 0.466 e. The van der Waals surface area contributed by atoms with Crippen molar-refractivity contribution in [2.45, 2.75) is 38.0 Å². The van der Waals surface area contributed by atoms with Gasteiger partial charge in [0.15, 0.2) is 5.67 Å². The number of esters is 1. The maximum absolute atomic E-state index is 14.3. The fraction of sp³-hybridized carbons (Fsp3) is 0.800. The Morgan fingerprint density at radius 2 is 2.40 bits per heavy atom. The van der Waals surface area contributed by atoms with Crippen LogP contribution in [0.5, 0.6) is 0 Å². The number of halogens is 1. The number of hydrogen-bond acceptors (Lipinski definition) is 4. The van der Waals surface area contributed by atoms with E-state index < -0.39 is 17.2 Å².